The Kier molecular flexibility index (Phi) is 2.22. The van der Waals surface area contributed by atoms with Gasteiger partial charge in [0.2, 0.25) is 0 Å². The van der Waals surface area contributed by atoms with Crippen molar-refractivity contribution in [2.75, 3.05) is 18.0 Å². The minimum absolute atomic E-state index is 0.435. The zero-order valence-corrected chi connectivity index (χ0v) is 11.2. The molecule has 0 radical (unpaired) electrons. The third kappa shape index (κ3) is 1.66. The maximum absolute atomic E-state index is 5.95. The SMILES string of the molecule is C=NC1CC2(C1)CN(c1nc3cc(Cl)ccc3o1)C2. The van der Waals surface area contributed by atoms with E-state index < -0.39 is 0 Å². The molecule has 0 bridgehead atoms. The summed E-state index contributed by atoms with van der Waals surface area (Å²) in [4.78, 5) is 10.8. The Hall–Kier alpha value is -1.55. The molecule has 1 spiro atoms. The third-order valence-corrected chi connectivity index (χ3v) is 4.49. The second kappa shape index (κ2) is 3.73. The van der Waals surface area contributed by atoms with Crippen molar-refractivity contribution in [2.45, 2.75) is 18.9 Å². The summed E-state index contributed by atoms with van der Waals surface area (Å²) in [6, 6.07) is 6.69. The van der Waals surface area contributed by atoms with Gasteiger partial charge in [0, 0.05) is 23.5 Å². The van der Waals surface area contributed by atoms with Gasteiger partial charge in [-0.25, -0.2) is 0 Å². The van der Waals surface area contributed by atoms with Crippen LogP contribution in [0.1, 0.15) is 12.8 Å². The molecule has 19 heavy (non-hydrogen) atoms. The monoisotopic (exact) mass is 275 g/mol. The second-order valence-electron chi connectivity index (χ2n) is 5.71. The number of fused-ring (bicyclic) bond motifs is 1. The van der Waals surface area contributed by atoms with Crippen LogP contribution in [-0.4, -0.2) is 30.8 Å². The number of benzene rings is 1. The Labute approximate surface area is 116 Å². The average Bonchev–Trinajstić information content (AvgIpc) is 2.68. The molecule has 5 heteroatoms. The van der Waals surface area contributed by atoms with Gasteiger partial charge in [-0.15, -0.1) is 0 Å². The number of hydrogen-bond acceptors (Lipinski definition) is 4. The Balaban J connectivity index is 1.52. The summed E-state index contributed by atoms with van der Waals surface area (Å²) in [6.45, 7) is 5.64. The van der Waals surface area contributed by atoms with Crippen LogP contribution >= 0.6 is 11.6 Å². The predicted molar refractivity (Wildman–Crippen MR) is 76.2 cm³/mol. The van der Waals surface area contributed by atoms with Crippen molar-refractivity contribution in [1.82, 2.24) is 4.98 Å². The molecular weight excluding hydrogens is 262 g/mol. The molecule has 0 atom stereocenters. The fraction of sp³-hybridized carbons (Fsp3) is 0.429. The Morgan fingerprint density at radius 1 is 1.42 bits per heavy atom. The van der Waals surface area contributed by atoms with E-state index in [0.29, 0.717) is 22.5 Å². The molecule has 1 aliphatic heterocycles. The van der Waals surface area contributed by atoms with Crippen molar-refractivity contribution in [3.05, 3.63) is 23.2 Å². The van der Waals surface area contributed by atoms with Gasteiger partial charge in [0.05, 0.1) is 6.04 Å². The van der Waals surface area contributed by atoms with Crippen LogP contribution in [0.4, 0.5) is 6.01 Å². The molecule has 98 valence electrons. The Morgan fingerprint density at radius 2 is 2.21 bits per heavy atom. The number of halogens is 1. The standard InChI is InChI=1S/C14H14ClN3O/c1-16-10-5-14(6-10)7-18(8-14)13-17-11-4-9(15)2-3-12(11)19-13/h2-4,10H,1,5-8H2. The molecule has 0 unspecified atom stereocenters. The summed E-state index contributed by atoms with van der Waals surface area (Å²) in [5.41, 5.74) is 2.05. The van der Waals surface area contributed by atoms with Crippen LogP contribution < -0.4 is 4.90 Å². The number of aliphatic imine (C=N–C) groups is 1. The second-order valence-corrected chi connectivity index (χ2v) is 6.15. The van der Waals surface area contributed by atoms with Crippen LogP contribution in [0, 0.1) is 5.41 Å². The number of oxazole rings is 1. The van der Waals surface area contributed by atoms with Crippen molar-refractivity contribution in [1.29, 1.82) is 0 Å². The summed E-state index contributed by atoms with van der Waals surface area (Å²) in [5, 5.41) is 0.686. The molecule has 2 aliphatic rings. The van der Waals surface area contributed by atoms with E-state index in [1.807, 2.05) is 18.2 Å². The summed E-state index contributed by atoms with van der Waals surface area (Å²) in [7, 11) is 0. The number of anilines is 1. The van der Waals surface area contributed by atoms with Gasteiger partial charge in [0.15, 0.2) is 5.58 Å². The van der Waals surface area contributed by atoms with Crippen LogP contribution in [0.15, 0.2) is 27.6 Å². The van der Waals surface area contributed by atoms with E-state index in [1.54, 1.807) is 0 Å². The first kappa shape index (κ1) is 11.3. The average molecular weight is 276 g/mol. The molecule has 0 amide bonds. The quantitative estimate of drug-likeness (QED) is 0.791. The fourth-order valence-corrected chi connectivity index (χ4v) is 3.42. The highest BCUT2D eigenvalue weighted by Gasteiger charge is 2.53. The molecule has 4 rings (SSSR count). The van der Waals surface area contributed by atoms with Gasteiger partial charge in [0.1, 0.15) is 5.52 Å². The van der Waals surface area contributed by atoms with Crippen LogP contribution in [0.3, 0.4) is 0 Å². The topological polar surface area (TPSA) is 41.6 Å². The molecule has 1 aromatic heterocycles. The molecular formula is C14H14ClN3O. The van der Waals surface area contributed by atoms with E-state index in [-0.39, 0.29) is 0 Å². The smallest absolute Gasteiger partial charge is 0.298 e. The molecule has 1 aromatic carbocycles. The Bertz CT molecular complexity index is 652. The molecule has 2 fully saturated rings. The van der Waals surface area contributed by atoms with Gasteiger partial charge in [0.25, 0.3) is 6.01 Å². The molecule has 1 aliphatic carbocycles. The van der Waals surface area contributed by atoms with E-state index >= 15 is 0 Å². The number of rotatable bonds is 2. The lowest BCUT2D eigenvalue weighted by molar-refractivity contribution is 0.0639. The van der Waals surface area contributed by atoms with Crippen molar-refractivity contribution < 1.29 is 4.42 Å². The minimum atomic E-state index is 0.435. The largest absolute Gasteiger partial charge is 0.423 e. The summed E-state index contributed by atoms with van der Waals surface area (Å²) in [5.74, 6) is 0. The lowest BCUT2D eigenvalue weighted by Gasteiger charge is -2.57. The van der Waals surface area contributed by atoms with E-state index in [0.717, 1.165) is 37.0 Å². The van der Waals surface area contributed by atoms with Crippen LogP contribution in [0.2, 0.25) is 5.02 Å². The van der Waals surface area contributed by atoms with Gasteiger partial charge >= 0.3 is 0 Å². The van der Waals surface area contributed by atoms with E-state index in [2.05, 4.69) is 21.6 Å². The molecule has 0 N–H and O–H groups in total. The maximum atomic E-state index is 5.95. The molecule has 4 nitrogen and oxygen atoms in total. The first-order valence-electron chi connectivity index (χ1n) is 6.44. The van der Waals surface area contributed by atoms with Crippen molar-refractivity contribution in [3.8, 4) is 0 Å². The normalized spacial score (nSPS) is 21.4. The first-order chi connectivity index (χ1) is 9.17. The highest BCUT2D eigenvalue weighted by Crippen LogP contribution is 2.50. The van der Waals surface area contributed by atoms with E-state index in [9.17, 15) is 0 Å². The number of nitrogens with zero attached hydrogens (tertiary/aromatic N) is 3. The minimum Gasteiger partial charge on any atom is -0.423 e. The molecule has 2 aromatic rings. The molecule has 1 saturated carbocycles. The number of aromatic nitrogens is 1. The van der Waals surface area contributed by atoms with Gasteiger partial charge < -0.3 is 9.32 Å². The van der Waals surface area contributed by atoms with Gasteiger partial charge in [-0.1, -0.05) is 11.6 Å². The van der Waals surface area contributed by atoms with Crippen LogP contribution in [0.5, 0.6) is 0 Å². The highest BCUT2D eigenvalue weighted by molar-refractivity contribution is 6.31. The summed E-state index contributed by atoms with van der Waals surface area (Å²) >= 11 is 5.95. The number of hydrogen-bond donors (Lipinski definition) is 0. The van der Waals surface area contributed by atoms with Crippen molar-refractivity contribution in [2.24, 2.45) is 10.4 Å². The maximum Gasteiger partial charge on any atom is 0.298 e. The highest BCUT2D eigenvalue weighted by atomic mass is 35.5. The zero-order valence-electron chi connectivity index (χ0n) is 10.5. The lowest BCUT2D eigenvalue weighted by Crippen LogP contribution is -2.63. The first-order valence-corrected chi connectivity index (χ1v) is 6.82. The van der Waals surface area contributed by atoms with E-state index in [1.165, 1.54) is 0 Å². The predicted octanol–water partition coefficient (Wildman–Crippen LogP) is 3.15. The zero-order chi connectivity index (χ0) is 13.0. The van der Waals surface area contributed by atoms with Gasteiger partial charge in [-0.2, -0.15) is 4.98 Å². The Morgan fingerprint density at radius 3 is 2.95 bits per heavy atom. The van der Waals surface area contributed by atoms with Crippen LogP contribution in [-0.2, 0) is 0 Å². The van der Waals surface area contributed by atoms with E-state index in [4.69, 9.17) is 16.0 Å². The summed E-state index contributed by atoms with van der Waals surface area (Å²) in [6.07, 6.45) is 2.30. The molecule has 1 saturated heterocycles. The fourth-order valence-electron chi connectivity index (χ4n) is 3.25. The van der Waals surface area contributed by atoms with Gasteiger partial charge in [-0.05, 0) is 37.8 Å². The third-order valence-electron chi connectivity index (χ3n) is 4.26. The lowest BCUT2D eigenvalue weighted by atomic mass is 9.61. The van der Waals surface area contributed by atoms with Crippen molar-refractivity contribution in [3.63, 3.8) is 0 Å². The molecule has 2 heterocycles. The van der Waals surface area contributed by atoms with Gasteiger partial charge in [-0.3, -0.25) is 4.99 Å². The van der Waals surface area contributed by atoms with Crippen molar-refractivity contribution >= 4 is 35.4 Å². The van der Waals surface area contributed by atoms with Crippen LogP contribution in [0.25, 0.3) is 11.1 Å². The summed E-state index contributed by atoms with van der Waals surface area (Å²) < 4.78 is 5.76.